The third-order valence-corrected chi connectivity index (χ3v) is 5.64. The minimum atomic E-state index is -0.323. The average Bonchev–Trinajstić information content (AvgIpc) is 2.96. The van der Waals surface area contributed by atoms with Gasteiger partial charge in [0.05, 0.1) is 24.0 Å². The van der Waals surface area contributed by atoms with Gasteiger partial charge in [-0.05, 0) is 42.8 Å². The third-order valence-electron chi connectivity index (χ3n) is 4.29. The number of nitrogen functional groups attached to an aromatic ring is 1. The van der Waals surface area contributed by atoms with Crippen molar-refractivity contribution < 1.29 is 9.53 Å². The Morgan fingerprint density at radius 3 is 2.81 bits per heavy atom. The van der Waals surface area contributed by atoms with Crippen LogP contribution in [0.2, 0.25) is 5.02 Å². The van der Waals surface area contributed by atoms with E-state index in [9.17, 15) is 4.79 Å². The maximum Gasteiger partial charge on any atom is 0.268 e. The van der Waals surface area contributed by atoms with Crippen molar-refractivity contribution in [2.75, 3.05) is 18.2 Å². The zero-order valence-electron chi connectivity index (χ0n) is 14.7. The summed E-state index contributed by atoms with van der Waals surface area (Å²) in [4.78, 5) is 18.6. The van der Waals surface area contributed by atoms with Gasteiger partial charge in [-0.3, -0.25) is 4.79 Å². The molecule has 0 atom stereocenters. The Hall–Kier alpha value is -2.83. The molecule has 3 N–H and O–H groups in total. The number of carbonyl (C=O) groups is 1. The molecule has 27 heavy (non-hydrogen) atoms. The van der Waals surface area contributed by atoms with E-state index in [1.165, 1.54) is 18.4 Å². The highest BCUT2D eigenvalue weighted by molar-refractivity contribution is 7.21. The minimum Gasteiger partial charge on any atom is -0.495 e. The van der Waals surface area contributed by atoms with Gasteiger partial charge in [0.2, 0.25) is 0 Å². The number of methoxy groups -OCH3 is 1. The number of nitrogens with zero attached hydrogens (tertiary/aromatic N) is 1. The van der Waals surface area contributed by atoms with E-state index in [2.05, 4.69) is 10.3 Å². The van der Waals surface area contributed by atoms with Gasteiger partial charge in [0.15, 0.2) is 0 Å². The lowest BCUT2D eigenvalue weighted by Gasteiger charge is -2.10. The quantitative estimate of drug-likeness (QED) is 0.494. The number of rotatable bonds is 3. The van der Waals surface area contributed by atoms with Crippen molar-refractivity contribution >= 4 is 61.3 Å². The minimum absolute atomic E-state index is 0.323. The van der Waals surface area contributed by atoms with Crippen molar-refractivity contribution in [3.8, 4) is 5.75 Å². The van der Waals surface area contributed by atoms with Gasteiger partial charge in [-0.15, -0.1) is 11.3 Å². The molecule has 0 radical (unpaired) electrons. The van der Waals surface area contributed by atoms with E-state index in [4.69, 9.17) is 22.1 Å². The SMILES string of the molecule is COc1ccc(Cl)cc1NC(=O)c1sc2nc3cc(C)ccc3cc2c1N. The number of fused-ring (bicyclic) bond motifs is 2. The van der Waals surface area contributed by atoms with Crippen LogP contribution in [-0.2, 0) is 0 Å². The number of ether oxygens (including phenoxy) is 1. The number of amides is 1. The molecule has 4 aromatic rings. The number of benzene rings is 2. The van der Waals surface area contributed by atoms with Crippen LogP contribution in [0.3, 0.4) is 0 Å². The van der Waals surface area contributed by atoms with Gasteiger partial charge >= 0.3 is 0 Å². The Kier molecular flexibility index (Phi) is 4.37. The Bertz CT molecular complexity index is 1200. The molecule has 0 fully saturated rings. The van der Waals surface area contributed by atoms with Crippen LogP contribution in [-0.4, -0.2) is 18.0 Å². The van der Waals surface area contributed by atoms with Gasteiger partial charge < -0.3 is 15.8 Å². The van der Waals surface area contributed by atoms with Gasteiger partial charge in [0.25, 0.3) is 5.91 Å². The van der Waals surface area contributed by atoms with Crippen molar-refractivity contribution in [3.63, 3.8) is 0 Å². The van der Waals surface area contributed by atoms with E-state index >= 15 is 0 Å². The van der Waals surface area contributed by atoms with E-state index in [0.717, 1.165) is 26.7 Å². The summed E-state index contributed by atoms with van der Waals surface area (Å²) in [6.45, 7) is 2.02. The number of pyridine rings is 1. The zero-order valence-corrected chi connectivity index (χ0v) is 16.2. The summed E-state index contributed by atoms with van der Waals surface area (Å²) in [5, 5.41) is 5.09. The molecular weight excluding hydrogens is 382 g/mol. The molecule has 0 unspecified atom stereocenters. The Balaban J connectivity index is 1.77. The van der Waals surface area contributed by atoms with E-state index in [-0.39, 0.29) is 5.91 Å². The van der Waals surface area contributed by atoms with Crippen LogP contribution in [0.5, 0.6) is 5.75 Å². The molecule has 7 heteroatoms. The summed E-state index contributed by atoms with van der Waals surface area (Å²) in [7, 11) is 1.53. The van der Waals surface area contributed by atoms with E-state index in [0.29, 0.717) is 27.0 Å². The number of thiophene rings is 1. The van der Waals surface area contributed by atoms with Crippen LogP contribution < -0.4 is 15.8 Å². The van der Waals surface area contributed by atoms with Crippen LogP contribution in [0.25, 0.3) is 21.1 Å². The molecule has 0 saturated heterocycles. The molecule has 2 aromatic heterocycles. The number of hydrogen-bond donors (Lipinski definition) is 2. The number of hydrogen-bond acceptors (Lipinski definition) is 5. The number of aryl methyl sites for hydroxylation is 1. The standard InChI is InChI=1S/C20H16ClN3O2S/c1-10-3-4-11-8-13-17(22)18(27-20(13)24-14(11)7-10)19(25)23-15-9-12(21)5-6-16(15)26-2/h3-9H,22H2,1-2H3,(H,23,25). The molecule has 0 aliphatic heterocycles. The lowest BCUT2D eigenvalue weighted by Crippen LogP contribution is -2.12. The second kappa shape index (κ2) is 6.72. The van der Waals surface area contributed by atoms with Crippen LogP contribution in [0.15, 0.2) is 42.5 Å². The van der Waals surface area contributed by atoms with Crippen LogP contribution in [0.4, 0.5) is 11.4 Å². The summed E-state index contributed by atoms with van der Waals surface area (Å²) in [6, 6.07) is 13.0. The van der Waals surface area contributed by atoms with Crippen molar-refractivity contribution in [3.05, 3.63) is 57.9 Å². The van der Waals surface area contributed by atoms with Crippen molar-refractivity contribution in [1.82, 2.24) is 4.98 Å². The van der Waals surface area contributed by atoms with Gasteiger partial charge in [-0.2, -0.15) is 0 Å². The number of halogens is 1. The lowest BCUT2D eigenvalue weighted by molar-refractivity contribution is 0.103. The number of aromatic nitrogens is 1. The van der Waals surface area contributed by atoms with Gasteiger partial charge in [0, 0.05) is 15.8 Å². The molecule has 0 saturated carbocycles. The maximum atomic E-state index is 12.8. The fourth-order valence-corrected chi connectivity index (χ4v) is 4.08. The van der Waals surface area contributed by atoms with E-state index in [1.807, 2.05) is 31.2 Å². The predicted molar refractivity (Wildman–Crippen MR) is 112 cm³/mol. The van der Waals surface area contributed by atoms with E-state index in [1.54, 1.807) is 18.2 Å². The number of nitrogens with one attached hydrogen (secondary N) is 1. The molecule has 136 valence electrons. The molecule has 4 rings (SSSR count). The predicted octanol–water partition coefficient (Wildman–Crippen LogP) is 5.25. The molecule has 2 heterocycles. The van der Waals surface area contributed by atoms with Gasteiger partial charge in [-0.25, -0.2) is 4.98 Å². The van der Waals surface area contributed by atoms with Crippen LogP contribution in [0, 0.1) is 6.92 Å². The Labute approximate surface area is 164 Å². The normalized spacial score (nSPS) is 11.1. The Morgan fingerprint density at radius 1 is 1.22 bits per heavy atom. The molecule has 0 spiro atoms. The molecule has 2 aromatic carbocycles. The molecular formula is C20H16ClN3O2S. The molecule has 1 amide bonds. The highest BCUT2D eigenvalue weighted by Crippen LogP contribution is 2.36. The molecule has 0 aliphatic rings. The fourth-order valence-electron chi connectivity index (χ4n) is 2.93. The van der Waals surface area contributed by atoms with Crippen LogP contribution in [0.1, 0.15) is 15.2 Å². The third kappa shape index (κ3) is 3.18. The highest BCUT2D eigenvalue weighted by atomic mass is 35.5. The number of nitrogens with two attached hydrogens (primary N) is 1. The topological polar surface area (TPSA) is 77.2 Å². The lowest BCUT2D eigenvalue weighted by atomic mass is 10.1. The molecule has 0 aliphatic carbocycles. The van der Waals surface area contributed by atoms with Crippen molar-refractivity contribution in [1.29, 1.82) is 0 Å². The van der Waals surface area contributed by atoms with Gasteiger partial charge in [-0.1, -0.05) is 23.7 Å². The summed E-state index contributed by atoms with van der Waals surface area (Å²) >= 11 is 7.30. The second-order valence-corrected chi connectivity index (χ2v) is 7.62. The first kappa shape index (κ1) is 17.6. The van der Waals surface area contributed by atoms with E-state index < -0.39 is 0 Å². The zero-order chi connectivity index (χ0) is 19.1. The highest BCUT2D eigenvalue weighted by Gasteiger charge is 2.19. The maximum absolute atomic E-state index is 12.8. The second-order valence-electron chi connectivity index (χ2n) is 6.18. The summed E-state index contributed by atoms with van der Waals surface area (Å²) < 4.78 is 5.28. The fraction of sp³-hybridized carbons (Fsp3) is 0.100. The molecule has 0 bridgehead atoms. The van der Waals surface area contributed by atoms with Crippen LogP contribution >= 0.6 is 22.9 Å². The van der Waals surface area contributed by atoms with Crippen molar-refractivity contribution in [2.24, 2.45) is 0 Å². The summed E-state index contributed by atoms with van der Waals surface area (Å²) in [5.41, 5.74) is 9.18. The summed E-state index contributed by atoms with van der Waals surface area (Å²) in [5.74, 6) is 0.197. The number of anilines is 2. The first-order valence-corrected chi connectivity index (χ1v) is 9.40. The Morgan fingerprint density at radius 2 is 2.04 bits per heavy atom. The molecule has 5 nitrogen and oxygen atoms in total. The first-order valence-electron chi connectivity index (χ1n) is 8.20. The average molecular weight is 398 g/mol. The number of carbonyl (C=O) groups excluding carboxylic acids is 1. The summed E-state index contributed by atoms with van der Waals surface area (Å²) in [6.07, 6.45) is 0. The van der Waals surface area contributed by atoms with Gasteiger partial charge in [0.1, 0.15) is 15.5 Å². The monoisotopic (exact) mass is 397 g/mol. The van der Waals surface area contributed by atoms with Crippen molar-refractivity contribution in [2.45, 2.75) is 6.92 Å². The largest absolute Gasteiger partial charge is 0.495 e. The first-order chi connectivity index (χ1) is 13.0. The smallest absolute Gasteiger partial charge is 0.268 e.